The maximum atomic E-state index is 5.75. The highest BCUT2D eigenvalue weighted by Gasteiger charge is 2.11. The summed E-state index contributed by atoms with van der Waals surface area (Å²) in [6.07, 6.45) is 2.65. The average molecular weight is 302 g/mol. The van der Waals surface area contributed by atoms with Crippen LogP contribution >= 0.6 is 28.1 Å². The van der Waals surface area contributed by atoms with Crippen molar-refractivity contribution in [3.63, 3.8) is 0 Å². The van der Waals surface area contributed by atoms with Gasteiger partial charge in [-0.1, -0.05) is 19.1 Å². The fourth-order valence-electron chi connectivity index (χ4n) is 1.54. The molecule has 0 fully saturated rings. The Labute approximate surface area is 107 Å². The van der Waals surface area contributed by atoms with Crippen LogP contribution in [0.15, 0.2) is 25.6 Å². The second kappa shape index (κ2) is 4.59. The summed E-state index contributed by atoms with van der Waals surface area (Å²) in [4.78, 5) is 2.04. The van der Waals surface area contributed by atoms with Gasteiger partial charge in [-0.25, -0.2) is 0 Å². The molecule has 2 aromatic heterocycles. The van der Waals surface area contributed by atoms with E-state index in [0.717, 1.165) is 23.3 Å². The summed E-state index contributed by atoms with van der Waals surface area (Å²) >= 11 is 8.63. The Bertz CT molecular complexity index is 561. The second-order valence-corrected chi connectivity index (χ2v) is 4.91. The molecule has 0 aliphatic carbocycles. The van der Waals surface area contributed by atoms with E-state index in [1.807, 2.05) is 18.0 Å². The quantitative estimate of drug-likeness (QED) is 0.788. The Morgan fingerprint density at radius 1 is 1.44 bits per heavy atom. The minimum atomic E-state index is 0.621. The topological polar surface area (TPSA) is 29.5 Å². The van der Waals surface area contributed by atoms with Crippen molar-refractivity contribution in [3.05, 3.63) is 21.3 Å². The van der Waals surface area contributed by atoms with Crippen molar-refractivity contribution in [2.24, 2.45) is 0 Å². The van der Waals surface area contributed by atoms with Crippen LogP contribution < -0.4 is 4.90 Å². The van der Waals surface area contributed by atoms with Gasteiger partial charge in [0.25, 0.3) is 0 Å². The van der Waals surface area contributed by atoms with Gasteiger partial charge in [-0.05, 0) is 22.4 Å². The maximum absolute atomic E-state index is 5.75. The summed E-state index contributed by atoms with van der Waals surface area (Å²) in [6.45, 7) is 3.05. The van der Waals surface area contributed by atoms with Crippen LogP contribution in [0.5, 0.6) is 0 Å². The van der Waals surface area contributed by atoms with Gasteiger partial charge in [0.05, 0.1) is 8.98 Å². The molecule has 2 aromatic rings. The lowest BCUT2D eigenvalue weighted by molar-refractivity contribution is 0.569. The molecule has 0 aliphatic rings. The first-order valence-electron chi connectivity index (χ1n) is 5.05. The molecule has 0 saturated heterocycles. The van der Waals surface area contributed by atoms with Crippen LogP contribution in [0.4, 0.5) is 5.88 Å². The van der Waals surface area contributed by atoms with Crippen LogP contribution in [0.25, 0.3) is 11.2 Å². The molecule has 0 unspecified atom stereocenters. The number of halogens is 1. The third kappa shape index (κ3) is 2.01. The van der Waals surface area contributed by atoms with Gasteiger partial charge in [-0.3, -0.25) is 0 Å². The van der Waals surface area contributed by atoms with Crippen molar-refractivity contribution in [2.45, 2.75) is 13.3 Å². The first-order chi connectivity index (χ1) is 7.63. The standard InChI is InChI=1S/C11H12BrNO2S/c1-3-4-13(2)9-5-8(16)11-10(15-9)7(12)6-14-11/h5-6H,3-4H2,1-2H3. The van der Waals surface area contributed by atoms with Crippen LogP contribution in [0.3, 0.4) is 0 Å². The molecule has 0 radical (unpaired) electrons. The van der Waals surface area contributed by atoms with E-state index in [4.69, 9.17) is 21.1 Å². The predicted octanol–water partition coefficient (Wildman–Crippen LogP) is 4.36. The van der Waals surface area contributed by atoms with Crippen LogP contribution in [0.2, 0.25) is 0 Å². The molecule has 86 valence electrons. The number of hydrogen-bond donors (Lipinski definition) is 0. The molecule has 16 heavy (non-hydrogen) atoms. The van der Waals surface area contributed by atoms with Crippen molar-refractivity contribution in [2.75, 3.05) is 18.5 Å². The molecule has 5 heteroatoms. The van der Waals surface area contributed by atoms with E-state index in [0.29, 0.717) is 15.7 Å². The summed E-state index contributed by atoms with van der Waals surface area (Å²) in [5, 5.41) is 0. The zero-order chi connectivity index (χ0) is 11.7. The highest BCUT2D eigenvalue weighted by Crippen LogP contribution is 2.30. The normalized spacial score (nSPS) is 10.9. The molecular formula is C11H12BrNO2S. The molecule has 0 spiro atoms. The van der Waals surface area contributed by atoms with E-state index in [9.17, 15) is 0 Å². The van der Waals surface area contributed by atoms with Gasteiger partial charge in [0.2, 0.25) is 0 Å². The fourth-order valence-corrected chi connectivity index (χ4v) is 2.13. The maximum Gasteiger partial charge on any atom is 0.197 e. The number of furan rings is 1. The largest absolute Gasteiger partial charge is 0.458 e. The van der Waals surface area contributed by atoms with E-state index in [1.54, 1.807) is 6.26 Å². The number of nitrogens with zero attached hydrogens (tertiary/aromatic N) is 1. The number of rotatable bonds is 3. The Hall–Kier alpha value is -0.810. The van der Waals surface area contributed by atoms with Gasteiger partial charge < -0.3 is 13.7 Å². The van der Waals surface area contributed by atoms with Crippen molar-refractivity contribution < 1.29 is 8.83 Å². The van der Waals surface area contributed by atoms with Gasteiger partial charge in [0.1, 0.15) is 6.26 Å². The lowest BCUT2D eigenvalue weighted by Crippen LogP contribution is -2.17. The average Bonchev–Trinajstić information content (AvgIpc) is 2.61. The molecule has 0 bridgehead atoms. The molecule has 0 amide bonds. The first-order valence-corrected chi connectivity index (χ1v) is 6.25. The third-order valence-electron chi connectivity index (χ3n) is 2.32. The lowest BCUT2D eigenvalue weighted by Gasteiger charge is -2.16. The van der Waals surface area contributed by atoms with Crippen LogP contribution in [0.1, 0.15) is 13.3 Å². The van der Waals surface area contributed by atoms with Gasteiger partial charge in [0, 0.05) is 19.7 Å². The Balaban J connectivity index is 2.56. The molecule has 0 N–H and O–H groups in total. The Morgan fingerprint density at radius 2 is 2.19 bits per heavy atom. The predicted molar refractivity (Wildman–Crippen MR) is 70.6 cm³/mol. The van der Waals surface area contributed by atoms with E-state index < -0.39 is 0 Å². The van der Waals surface area contributed by atoms with Gasteiger partial charge >= 0.3 is 0 Å². The molecular weight excluding hydrogens is 290 g/mol. The Morgan fingerprint density at radius 3 is 2.88 bits per heavy atom. The second-order valence-electron chi connectivity index (χ2n) is 3.61. The molecule has 2 rings (SSSR count). The monoisotopic (exact) mass is 301 g/mol. The van der Waals surface area contributed by atoms with E-state index in [-0.39, 0.29) is 0 Å². The Kier molecular flexibility index (Phi) is 3.35. The van der Waals surface area contributed by atoms with Crippen molar-refractivity contribution in [3.8, 4) is 0 Å². The van der Waals surface area contributed by atoms with Crippen molar-refractivity contribution in [1.29, 1.82) is 0 Å². The molecule has 2 heterocycles. The molecule has 0 atom stereocenters. The minimum absolute atomic E-state index is 0.621. The smallest absolute Gasteiger partial charge is 0.197 e. The van der Waals surface area contributed by atoms with Crippen LogP contribution in [0, 0.1) is 4.51 Å². The summed E-state index contributed by atoms with van der Waals surface area (Å²) in [5.74, 6) is 0.765. The number of fused-ring (bicyclic) bond motifs is 1. The van der Waals surface area contributed by atoms with E-state index in [1.165, 1.54) is 0 Å². The minimum Gasteiger partial charge on any atom is -0.458 e. The highest BCUT2D eigenvalue weighted by atomic mass is 79.9. The van der Waals surface area contributed by atoms with Gasteiger partial charge in [0.15, 0.2) is 17.1 Å². The molecule has 3 nitrogen and oxygen atoms in total. The first kappa shape index (κ1) is 11.7. The zero-order valence-electron chi connectivity index (χ0n) is 9.12. The van der Waals surface area contributed by atoms with Crippen LogP contribution in [-0.4, -0.2) is 13.6 Å². The summed E-state index contributed by atoms with van der Waals surface area (Å²) in [6, 6.07) is 1.82. The van der Waals surface area contributed by atoms with E-state index >= 15 is 0 Å². The summed E-state index contributed by atoms with van der Waals surface area (Å²) in [7, 11) is 1.98. The molecule has 0 saturated carbocycles. The number of hydrogen-bond acceptors (Lipinski definition) is 4. The SMILES string of the molecule is CCCN(C)c1cc(=S)c2occ(Br)c2o1. The van der Waals surface area contributed by atoms with Gasteiger partial charge in [-0.2, -0.15) is 0 Å². The fraction of sp³-hybridized carbons (Fsp3) is 0.364. The summed E-state index contributed by atoms with van der Waals surface area (Å²) < 4.78 is 12.5. The lowest BCUT2D eigenvalue weighted by atomic mass is 10.4. The highest BCUT2D eigenvalue weighted by molar-refractivity contribution is 9.10. The molecule has 0 aliphatic heterocycles. The third-order valence-corrected chi connectivity index (χ3v) is 3.17. The van der Waals surface area contributed by atoms with Gasteiger partial charge in [-0.15, -0.1) is 0 Å². The molecule has 0 aromatic carbocycles. The summed E-state index contributed by atoms with van der Waals surface area (Å²) in [5.41, 5.74) is 1.29. The zero-order valence-corrected chi connectivity index (χ0v) is 11.5. The van der Waals surface area contributed by atoms with Crippen LogP contribution in [-0.2, 0) is 0 Å². The van der Waals surface area contributed by atoms with Crippen molar-refractivity contribution >= 4 is 45.2 Å². The van der Waals surface area contributed by atoms with E-state index in [2.05, 4.69) is 22.9 Å². The number of anilines is 1. The van der Waals surface area contributed by atoms with Crippen molar-refractivity contribution in [1.82, 2.24) is 0 Å².